The summed E-state index contributed by atoms with van der Waals surface area (Å²) in [7, 11) is 1.82. The molecule has 0 aliphatic rings. The van der Waals surface area contributed by atoms with Gasteiger partial charge in [0.05, 0.1) is 0 Å². The summed E-state index contributed by atoms with van der Waals surface area (Å²) in [5.41, 5.74) is 3.17. The highest BCUT2D eigenvalue weighted by atomic mass is 16.2. The molecule has 2 amide bonds. The summed E-state index contributed by atoms with van der Waals surface area (Å²) in [6.45, 7) is 7.09. The van der Waals surface area contributed by atoms with Crippen molar-refractivity contribution in [1.29, 1.82) is 0 Å². The molecular weight excluding hydrogens is 286 g/mol. The topological polar surface area (TPSA) is 45.2 Å². The summed E-state index contributed by atoms with van der Waals surface area (Å²) in [5.74, 6) is 0. The Balaban J connectivity index is 1.99. The quantitative estimate of drug-likeness (QED) is 0.924. The van der Waals surface area contributed by atoms with Crippen molar-refractivity contribution in [3.63, 3.8) is 0 Å². The van der Waals surface area contributed by atoms with E-state index < -0.39 is 0 Å². The molecule has 0 radical (unpaired) electrons. The molecule has 0 spiro atoms. The Morgan fingerprint density at radius 1 is 1.13 bits per heavy atom. The van der Waals surface area contributed by atoms with Gasteiger partial charge in [-0.25, -0.2) is 4.79 Å². The van der Waals surface area contributed by atoms with E-state index in [9.17, 15) is 4.79 Å². The summed E-state index contributed by atoms with van der Waals surface area (Å²) in [4.78, 5) is 18.1. The van der Waals surface area contributed by atoms with E-state index in [1.54, 1.807) is 17.3 Å². The monoisotopic (exact) mass is 311 g/mol. The van der Waals surface area contributed by atoms with Crippen LogP contribution in [0.2, 0.25) is 0 Å². The first kappa shape index (κ1) is 17.0. The van der Waals surface area contributed by atoms with Gasteiger partial charge in [-0.2, -0.15) is 0 Å². The van der Waals surface area contributed by atoms with Crippen LogP contribution in [-0.2, 0) is 11.8 Å². The SMILES string of the molecule is CN(CCc1ccncc1)C(=O)Nc1ccccc1C(C)(C)C. The molecule has 0 fully saturated rings. The molecule has 2 rings (SSSR count). The van der Waals surface area contributed by atoms with E-state index in [4.69, 9.17) is 0 Å². The molecule has 23 heavy (non-hydrogen) atoms. The first-order valence-corrected chi connectivity index (χ1v) is 7.88. The van der Waals surface area contributed by atoms with Crippen molar-refractivity contribution >= 4 is 11.7 Å². The van der Waals surface area contributed by atoms with Crippen LogP contribution in [0.4, 0.5) is 10.5 Å². The number of carbonyl (C=O) groups is 1. The van der Waals surface area contributed by atoms with Gasteiger partial charge in [-0.15, -0.1) is 0 Å². The lowest BCUT2D eigenvalue weighted by molar-refractivity contribution is 0.223. The number of nitrogens with one attached hydrogen (secondary N) is 1. The van der Waals surface area contributed by atoms with Gasteiger partial charge in [0.25, 0.3) is 0 Å². The number of rotatable bonds is 4. The molecule has 0 aliphatic carbocycles. The number of hydrogen-bond donors (Lipinski definition) is 1. The second-order valence-electron chi connectivity index (χ2n) is 6.75. The van der Waals surface area contributed by atoms with E-state index in [0.29, 0.717) is 6.54 Å². The molecule has 2 aromatic rings. The number of likely N-dealkylation sites (N-methyl/N-ethyl adjacent to an activating group) is 1. The largest absolute Gasteiger partial charge is 0.327 e. The minimum Gasteiger partial charge on any atom is -0.327 e. The Hall–Kier alpha value is -2.36. The standard InChI is InChI=1S/C19H25N3O/c1-19(2,3)16-7-5-6-8-17(16)21-18(23)22(4)14-11-15-9-12-20-13-10-15/h5-10,12-13H,11,14H2,1-4H3,(H,21,23). The maximum Gasteiger partial charge on any atom is 0.321 e. The van der Waals surface area contributed by atoms with Crippen molar-refractivity contribution in [3.8, 4) is 0 Å². The van der Waals surface area contributed by atoms with Gasteiger partial charge in [0.2, 0.25) is 0 Å². The van der Waals surface area contributed by atoms with E-state index in [0.717, 1.165) is 17.7 Å². The highest BCUT2D eigenvalue weighted by Gasteiger charge is 2.19. The third kappa shape index (κ3) is 4.81. The number of para-hydroxylation sites is 1. The third-order valence-corrected chi connectivity index (χ3v) is 3.81. The van der Waals surface area contributed by atoms with Crippen molar-refractivity contribution in [2.45, 2.75) is 32.6 Å². The lowest BCUT2D eigenvalue weighted by Crippen LogP contribution is -2.33. The Labute approximate surface area is 138 Å². The predicted octanol–water partition coefficient (Wildman–Crippen LogP) is 4.09. The minimum atomic E-state index is -0.0873. The average molecular weight is 311 g/mol. The smallest absolute Gasteiger partial charge is 0.321 e. The number of nitrogens with zero attached hydrogens (tertiary/aromatic N) is 2. The van der Waals surface area contributed by atoms with Gasteiger partial charge in [0.1, 0.15) is 0 Å². The normalized spacial score (nSPS) is 11.1. The molecule has 1 aromatic carbocycles. The Morgan fingerprint density at radius 2 is 1.78 bits per heavy atom. The number of anilines is 1. The highest BCUT2D eigenvalue weighted by Crippen LogP contribution is 2.29. The van der Waals surface area contributed by atoms with Crippen molar-refractivity contribution < 1.29 is 4.79 Å². The van der Waals surface area contributed by atoms with Gasteiger partial charge in [-0.1, -0.05) is 39.0 Å². The second kappa shape index (κ2) is 7.27. The Morgan fingerprint density at radius 3 is 2.43 bits per heavy atom. The van der Waals surface area contributed by atoms with E-state index in [2.05, 4.69) is 37.1 Å². The van der Waals surface area contributed by atoms with Crippen molar-refractivity contribution in [1.82, 2.24) is 9.88 Å². The van der Waals surface area contributed by atoms with E-state index in [1.807, 2.05) is 37.4 Å². The zero-order valence-electron chi connectivity index (χ0n) is 14.3. The number of pyridine rings is 1. The summed E-state index contributed by atoms with van der Waals surface area (Å²) in [5, 5.41) is 3.03. The molecule has 1 N–H and O–H groups in total. The van der Waals surface area contributed by atoms with Crippen LogP contribution in [0.15, 0.2) is 48.8 Å². The average Bonchev–Trinajstić information content (AvgIpc) is 2.53. The van der Waals surface area contributed by atoms with Gasteiger partial charge in [-0.05, 0) is 41.2 Å². The van der Waals surface area contributed by atoms with Crippen LogP contribution in [0, 0.1) is 0 Å². The van der Waals surface area contributed by atoms with Gasteiger partial charge in [-0.3, -0.25) is 4.98 Å². The lowest BCUT2D eigenvalue weighted by Gasteiger charge is -2.25. The summed E-state index contributed by atoms with van der Waals surface area (Å²) < 4.78 is 0. The number of aromatic nitrogens is 1. The van der Waals surface area contributed by atoms with E-state index in [-0.39, 0.29) is 11.4 Å². The zero-order valence-corrected chi connectivity index (χ0v) is 14.3. The fraction of sp³-hybridized carbons (Fsp3) is 0.368. The van der Waals surface area contributed by atoms with Crippen LogP contribution in [0.3, 0.4) is 0 Å². The third-order valence-electron chi connectivity index (χ3n) is 3.81. The summed E-state index contributed by atoms with van der Waals surface area (Å²) in [6.07, 6.45) is 4.36. The minimum absolute atomic E-state index is 0.0144. The molecule has 0 saturated heterocycles. The van der Waals surface area contributed by atoms with Crippen molar-refractivity contribution in [3.05, 3.63) is 59.9 Å². The number of amides is 2. The second-order valence-corrected chi connectivity index (χ2v) is 6.75. The van der Waals surface area contributed by atoms with Gasteiger partial charge in [0.15, 0.2) is 0 Å². The Kier molecular flexibility index (Phi) is 5.37. The maximum absolute atomic E-state index is 12.4. The molecule has 4 heteroatoms. The Bertz CT molecular complexity index is 647. The molecule has 0 unspecified atom stereocenters. The molecule has 4 nitrogen and oxygen atoms in total. The summed E-state index contributed by atoms with van der Waals surface area (Å²) in [6, 6.07) is 11.8. The zero-order chi connectivity index (χ0) is 16.9. The van der Waals surface area contributed by atoms with Crippen LogP contribution in [0.1, 0.15) is 31.9 Å². The molecule has 0 atom stereocenters. The molecular formula is C19H25N3O. The van der Waals surface area contributed by atoms with E-state index >= 15 is 0 Å². The summed E-state index contributed by atoms with van der Waals surface area (Å²) >= 11 is 0. The molecule has 122 valence electrons. The first-order chi connectivity index (χ1) is 10.9. The van der Waals surface area contributed by atoms with Crippen LogP contribution in [-0.4, -0.2) is 29.5 Å². The van der Waals surface area contributed by atoms with Crippen LogP contribution < -0.4 is 5.32 Å². The highest BCUT2D eigenvalue weighted by molar-refractivity contribution is 5.90. The number of benzene rings is 1. The maximum atomic E-state index is 12.4. The van der Waals surface area contributed by atoms with Gasteiger partial charge >= 0.3 is 6.03 Å². The van der Waals surface area contributed by atoms with E-state index in [1.165, 1.54) is 5.56 Å². The van der Waals surface area contributed by atoms with Crippen molar-refractivity contribution in [2.75, 3.05) is 18.9 Å². The lowest BCUT2D eigenvalue weighted by atomic mass is 9.86. The molecule has 0 saturated carbocycles. The fourth-order valence-electron chi connectivity index (χ4n) is 2.40. The van der Waals surface area contributed by atoms with Crippen LogP contribution in [0.5, 0.6) is 0 Å². The fourth-order valence-corrected chi connectivity index (χ4v) is 2.40. The van der Waals surface area contributed by atoms with Gasteiger partial charge < -0.3 is 10.2 Å². The van der Waals surface area contributed by atoms with Crippen LogP contribution in [0.25, 0.3) is 0 Å². The molecule has 1 heterocycles. The first-order valence-electron chi connectivity index (χ1n) is 7.88. The van der Waals surface area contributed by atoms with Crippen molar-refractivity contribution in [2.24, 2.45) is 0 Å². The molecule has 1 aromatic heterocycles. The van der Waals surface area contributed by atoms with Crippen LogP contribution >= 0.6 is 0 Å². The number of carbonyl (C=O) groups excluding carboxylic acids is 1. The molecule has 0 aliphatic heterocycles. The number of hydrogen-bond acceptors (Lipinski definition) is 2. The molecule has 0 bridgehead atoms. The van der Waals surface area contributed by atoms with Gasteiger partial charge in [0, 0.05) is 31.7 Å². The predicted molar refractivity (Wildman–Crippen MR) is 94.7 cm³/mol. The number of urea groups is 1.